The fraction of sp³-hybridized carbons (Fsp3) is 0.636. The molecule has 0 aromatic carbocycles. The maximum atomic E-state index is 5.69. The molecule has 1 saturated carbocycles. The van der Waals surface area contributed by atoms with E-state index < -0.39 is 0 Å². The minimum absolute atomic E-state index is 0.460. The van der Waals surface area contributed by atoms with E-state index in [1.807, 2.05) is 6.07 Å². The third-order valence-electron chi connectivity index (χ3n) is 3.05. The highest BCUT2D eigenvalue weighted by molar-refractivity contribution is 6.29. The summed E-state index contributed by atoms with van der Waals surface area (Å²) in [5.74, 6) is 0. The van der Waals surface area contributed by atoms with Gasteiger partial charge in [-0.2, -0.15) is 5.10 Å². The molecule has 1 aromatic heterocycles. The van der Waals surface area contributed by atoms with Crippen LogP contribution in [0.2, 0.25) is 5.15 Å². The van der Waals surface area contributed by atoms with E-state index in [0.717, 1.165) is 18.3 Å². The van der Waals surface area contributed by atoms with Crippen molar-refractivity contribution in [1.82, 2.24) is 15.1 Å². The highest BCUT2D eigenvalue weighted by Crippen LogP contribution is 2.23. The first-order chi connectivity index (χ1) is 7.25. The topological polar surface area (TPSA) is 29.0 Å². The van der Waals surface area contributed by atoms with E-state index in [1.54, 1.807) is 6.07 Å². The Labute approximate surface area is 95.5 Å². The Balaban J connectivity index is 1.92. The Bertz CT molecular complexity index is 306. The van der Waals surface area contributed by atoms with Gasteiger partial charge in [0.2, 0.25) is 0 Å². The Morgan fingerprint density at radius 2 is 2.07 bits per heavy atom. The fourth-order valence-corrected chi connectivity index (χ4v) is 2.26. The maximum Gasteiger partial charge on any atom is 0.151 e. The van der Waals surface area contributed by atoms with E-state index in [2.05, 4.69) is 22.1 Å². The highest BCUT2D eigenvalue weighted by Gasteiger charge is 2.19. The minimum atomic E-state index is 0.460. The van der Waals surface area contributed by atoms with E-state index >= 15 is 0 Å². The van der Waals surface area contributed by atoms with Gasteiger partial charge in [-0.05, 0) is 32.0 Å². The molecule has 0 atom stereocenters. The van der Waals surface area contributed by atoms with E-state index in [0.29, 0.717) is 5.15 Å². The number of nitrogens with zero attached hydrogens (tertiary/aromatic N) is 3. The molecular formula is C11H16ClN3. The van der Waals surface area contributed by atoms with Gasteiger partial charge in [-0.1, -0.05) is 24.4 Å². The van der Waals surface area contributed by atoms with Crippen LogP contribution in [-0.2, 0) is 6.54 Å². The molecule has 0 N–H and O–H groups in total. The molecule has 1 aromatic rings. The molecule has 15 heavy (non-hydrogen) atoms. The summed E-state index contributed by atoms with van der Waals surface area (Å²) in [6.07, 6.45) is 5.36. The zero-order valence-electron chi connectivity index (χ0n) is 8.99. The predicted molar refractivity (Wildman–Crippen MR) is 60.8 cm³/mol. The molecule has 0 amide bonds. The Kier molecular flexibility index (Phi) is 3.54. The molecular weight excluding hydrogens is 210 g/mol. The second-order valence-electron chi connectivity index (χ2n) is 4.20. The van der Waals surface area contributed by atoms with Crippen LogP contribution >= 0.6 is 11.6 Å². The van der Waals surface area contributed by atoms with E-state index in [4.69, 9.17) is 11.6 Å². The summed E-state index contributed by atoms with van der Waals surface area (Å²) in [6.45, 7) is 0.870. The van der Waals surface area contributed by atoms with Gasteiger partial charge >= 0.3 is 0 Å². The lowest BCUT2D eigenvalue weighted by Gasteiger charge is -2.23. The van der Waals surface area contributed by atoms with Gasteiger partial charge in [-0.25, -0.2) is 0 Å². The molecule has 0 spiro atoms. The molecule has 0 aliphatic heterocycles. The summed E-state index contributed by atoms with van der Waals surface area (Å²) in [7, 11) is 2.16. The van der Waals surface area contributed by atoms with Crippen LogP contribution in [0.3, 0.4) is 0 Å². The molecule has 1 aliphatic rings. The zero-order valence-corrected chi connectivity index (χ0v) is 9.74. The van der Waals surface area contributed by atoms with Gasteiger partial charge in [0.25, 0.3) is 0 Å². The van der Waals surface area contributed by atoms with Gasteiger partial charge in [0, 0.05) is 12.6 Å². The summed E-state index contributed by atoms with van der Waals surface area (Å²) in [6, 6.07) is 4.47. The van der Waals surface area contributed by atoms with E-state index in [9.17, 15) is 0 Å². The number of rotatable bonds is 3. The van der Waals surface area contributed by atoms with Crippen molar-refractivity contribution >= 4 is 11.6 Å². The molecule has 3 nitrogen and oxygen atoms in total. The van der Waals surface area contributed by atoms with Crippen LogP contribution in [-0.4, -0.2) is 28.2 Å². The van der Waals surface area contributed by atoms with Crippen LogP contribution in [0, 0.1) is 0 Å². The van der Waals surface area contributed by atoms with Gasteiger partial charge in [-0.15, -0.1) is 5.10 Å². The summed E-state index contributed by atoms with van der Waals surface area (Å²) in [5.41, 5.74) is 0.994. The predicted octanol–water partition coefficient (Wildman–Crippen LogP) is 2.50. The van der Waals surface area contributed by atoms with Crippen LogP contribution < -0.4 is 0 Å². The SMILES string of the molecule is CN(Cc1ccc(Cl)nn1)C1CCCC1. The van der Waals surface area contributed by atoms with E-state index in [1.165, 1.54) is 25.7 Å². The molecule has 0 unspecified atom stereocenters. The number of hydrogen-bond donors (Lipinski definition) is 0. The molecule has 2 rings (SSSR count). The fourth-order valence-electron chi connectivity index (χ4n) is 2.16. The lowest BCUT2D eigenvalue weighted by Crippen LogP contribution is -2.28. The standard InChI is InChI=1S/C11H16ClN3/c1-15(10-4-2-3-5-10)8-9-6-7-11(12)14-13-9/h6-7,10H,2-5,8H2,1H3. The smallest absolute Gasteiger partial charge is 0.151 e. The van der Waals surface area contributed by atoms with Crippen molar-refractivity contribution in [3.63, 3.8) is 0 Å². The first-order valence-corrected chi connectivity index (χ1v) is 5.82. The average Bonchev–Trinajstić information content (AvgIpc) is 2.74. The molecule has 1 fully saturated rings. The molecule has 1 aliphatic carbocycles. The first kappa shape index (κ1) is 10.8. The number of halogens is 1. The molecule has 4 heteroatoms. The summed E-state index contributed by atoms with van der Waals surface area (Å²) in [4.78, 5) is 2.37. The quantitative estimate of drug-likeness (QED) is 0.792. The number of hydrogen-bond acceptors (Lipinski definition) is 3. The second kappa shape index (κ2) is 4.90. The average molecular weight is 226 g/mol. The van der Waals surface area contributed by atoms with Crippen LogP contribution in [0.4, 0.5) is 0 Å². The van der Waals surface area contributed by atoms with Gasteiger partial charge in [0.1, 0.15) is 0 Å². The molecule has 0 bridgehead atoms. The molecule has 1 heterocycles. The normalized spacial score (nSPS) is 17.5. The Hall–Kier alpha value is -0.670. The molecule has 0 saturated heterocycles. The van der Waals surface area contributed by atoms with E-state index in [-0.39, 0.29) is 0 Å². The van der Waals surface area contributed by atoms with Crippen molar-refractivity contribution < 1.29 is 0 Å². The Morgan fingerprint density at radius 1 is 1.33 bits per heavy atom. The molecule has 0 radical (unpaired) electrons. The lowest BCUT2D eigenvalue weighted by molar-refractivity contribution is 0.234. The third kappa shape index (κ3) is 2.89. The van der Waals surface area contributed by atoms with Crippen molar-refractivity contribution in [3.05, 3.63) is 23.0 Å². The van der Waals surface area contributed by atoms with Crippen molar-refractivity contribution in [1.29, 1.82) is 0 Å². The summed E-state index contributed by atoms with van der Waals surface area (Å²) >= 11 is 5.69. The molecule has 82 valence electrons. The van der Waals surface area contributed by atoms with Gasteiger partial charge in [0.05, 0.1) is 5.69 Å². The van der Waals surface area contributed by atoms with Crippen molar-refractivity contribution in [2.45, 2.75) is 38.3 Å². The van der Waals surface area contributed by atoms with Crippen LogP contribution in [0.1, 0.15) is 31.4 Å². The third-order valence-corrected chi connectivity index (χ3v) is 3.25. The van der Waals surface area contributed by atoms with Crippen LogP contribution in [0.25, 0.3) is 0 Å². The van der Waals surface area contributed by atoms with Gasteiger partial charge < -0.3 is 0 Å². The van der Waals surface area contributed by atoms with Crippen molar-refractivity contribution in [2.24, 2.45) is 0 Å². The Morgan fingerprint density at radius 3 is 2.67 bits per heavy atom. The first-order valence-electron chi connectivity index (χ1n) is 5.44. The highest BCUT2D eigenvalue weighted by atomic mass is 35.5. The van der Waals surface area contributed by atoms with Crippen molar-refractivity contribution in [2.75, 3.05) is 7.05 Å². The second-order valence-corrected chi connectivity index (χ2v) is 4.59. The maximum absolute atomic E-state index is 5.69. The monoisotopic (exact) mass is 225 g/mol. The minimum Gasteiger partial charge on any atom is -0.298 e. The largest absolute Gasteiger partial charge is 0.298 e. The lowest BCUT2D eigenvalue weighted by atomic mass is 10.2. The summed E-state index contributed by atoms with van der Waals surface area (Å²) < 4.78 is 0. The van der Waals surface area contributed by atoms with Gasteiger partial charge in [-0.3, -0.25) is 4.90 Å². The van der Waals surface area contributed by atoms with Crippen LogP contribution in [0.15, 0.2) is 12.1 Å². The van der Waals surface area contributed by atoms with Crippen LogP contribution in [0.5, 0.6) is 0 Å². The zero-order chi connectivity index (χ0) is 10.7. The van der Waals surface area contributed by atoms with Gasteiger partial charge in [0.15, 0.2) is 5.15 Å². The summed E-state index contributed by atoms with van der Waals surface area (Å²) in [5, 5.41) is 8.37. The van der Waals surface area contributed by atoms with Crippen molar-refractivity contribution in [3.8, 4) is 0 Å². The number of aromatic nitrogens is 2.